The van der Waals surface area contributed by atoms with Crippen molar-refractivity contribution in [2.45, 2.75) is 26.4 Å². The lowest BCUT2D eigenvalue weighted by Crippen LogP contribution is -1.96. The van der Waals surface area contributed by atoms with Gasteiger partial charge in [-0.2, -0.15) is 0 Å². The third-order valence-electron chi connectivity index (χ3n) is 1.92. The van der Waals surface area contributed by atoms with Gasteiger partial charge in [0.1, 0.15) is 0 Å². The molecule has 1 aromatic rings. The van der Waals surface area contributed by atoms with E-state index in [4.69, 9.17) is 5.11 Å². The van der Waals surface area contributed by atoms with E-state index in [0.29, 0.717) is 0 Å². The van der Waals surface area contributed by atoms with Crippen molar-refractivity contribution >= 4 is 15.9 Å². The molecule has 0 spiro atoms. The Morgan fingerprint density at radius 2 is 2.00 bits per heavy atom. The molecule has 0 aromatic heterocycles. The molecule has 1 nitrogen and oxygen atoms in total. The summed E-state index contributed by atoms with van der Waals surface area (Å²) in [6, 6.07) is 8.24. The van der Waals surface area contributed by atoms with Gasteiger partial charge in [-0.25, -0.2) is 0 Å². The standard InChI is InChI=1S/C12H15BrO/c1-9(7-10(2)14)8-11-3-5-12(13)6-4-11/h3-7,10,14H,8H2,1-2H3/b9-7-. The lowest BCUT2D eigenvalue weighted by molar-refractivity contribution is 0.243. The van der Waals surface area contributed by atoms with Crippen LogP contribution in [-0.4, -0.2) is 11.2 Å². The molecule has 1 aromatic carbocycles. The Hall–Kier alpha value is -0.600. The van der Waals surface area contributed by atoms with Gasteiger partial charge in [0.05, 0.1) is 6.10 Å². The summed E-state index contributed by atoms with van der Waals surface area (Å²) in [5.74, 6) is 0. The van der Waals surface area contributed by atoms with E-state index in [9.17, 15) is 0 Å². The summed E-state index contributed by atoms with van der Waals surface area (Å²) in [7, 11) is 0. The second kappa shape index (κ2) is 5.32. The molecular weight excluding hydrogens is 240 g/mol. The lowest BCUT2D eigenvalue weighted by atomic mass is 10.1. The first-order valence-electron chi connectivity index (χ1n) is 4.68. The first kappa shape index (κ1) is 11.5. The molecule has 1 N–H and O–H groups in total. The Bertz CT molecular complexity index is 312. The molecule has 1 atom stereocenters. The van der Waals surface area contributed by atoms with Gasteiger partial charge >= 0.3 is 0 Å². The Morgan fingerprint density at radius 1 is 1.43 bits per heavy atom. The van der Waals surface area contributed by atoms with Gasteiger partial charge in [-0.05, 0) is 38.0 Å². The summed E-state index contributed by atoms with van der Waals surface area (Å²) >= 11 is 3.40. The molecule has 0 bridgehead atoms. The van der Waals surface area contributed by atoms with Crippen molar-refractivity contribution in [3.8, 4) is 0 Å². The Morgan fingerprint density at radius 3 is 2.50 bits per heavy atom. The molecule has 0 amide bonds. The van der Waals surface area contributed by atoms with E-state index in [1.54, 1.807) is 6.92 Å². The Labute approximate surface area is 93.6 Å². The Balaban J connectivity index is 2.65. The molecule has 2 heteroatoms. The Kier molecular flexibility index (Phi) is 4.36. The SMILES string of the molecule is C/C(=C/C(C)O)Cc1ccc(Br)cc1. The van der Waals surface area contributed by atoms with E-state index >= 15 is 0 Å². The van der Waals surface area contributed by atoms with Crippen LogP contribution in [0.3, 0.4) is 0 Å². The first-order chi connectivity index (χ1) is 6.58. The maximum Gasteiger partial charge on any atom is 0.0695 e. The van der Waals surface area contributed by atoms with Gasteiger partial charge in [0.25, 0.3) is 0 Å². The highest BCUT2D eigenvalue weighted by Gasteiger charge is 1.96. The minimum absolute atomic E-state index is 0.356. The topological polar surface area (TPSA) is 20.2 Å². The smallest absolute Gasteiger partial charge is 0.0695 e. The van der Waals surface area contributed by atoms with Crippen LogP contribution in [0.2, 0.25) is 0 Å². The van der Waals surface area contributed by atoms with Gasteiger partial charge in [-0.3, -0.25) is 0 Å². The van der Waals surface area contributed by atoms with E-state index in [0.717, 1.165) is 10.9 Å². The third-order valence-corrected chi connectivity index (χ3v) is 2.45. The molecule has 1 unspecified atom stereocenters. The van der Waals surface area contributed by atoms with E-state index in [2.05, 4.69) is 28.1 Å². The molecule has 1 rings (SSSR count). The number of rotatable bonds is 3. The molecule has 0 saturated carbocycles. The lowest BCUT2D eigenvalue weighted by Gasteiger charge is -2.03. The van der Waals surface area contributed by atoms with Crippen LogP contribution in [0.25, 0.3) is 0 Å². The monoisotopic (exact) mass is 254 g/mol. The average molecular weight is 255 g/mol. The predicted octanol–water partition coefficient (Wildman–Crippen LogP) is 3.32. The van der Waals surface area contributed by atoms with Crippen LogP contribution < -0.4 is 0 Å². The van der Waals surface area contributed by atoms with E-state index in [-0.39, 0.29) is 6.10 Å². The van der Waals surface area contributed by atoms with Crippen molar-refractivity contribution in [3.05, 3.63) is 46.0 Å². The average Bonchev–Trinajstić information content (AvgIpc) is 2.07. The summed E-state index contributed by atoms with van der Waals surface area (Å²) < 4.78 is 1.10. The van der Waals surface area contributed by atoms with Crippen LogP contribution in [0.1, 0.15) is 19.4 Å². The van der Waals surface area contributed by atoms with Crippen LogP contribution in [0.5, 0.6) is 0 Å². The van der Waals surface area contributed by atoms with Gasteiger partial charge in [-0.15, -0.1) is 0 Å². The van der Waals surface area contributed by atoms with Crippen LogP contribution in [0, 0.1) is 0 Å². The van der Waals surface area contributed by atoms with Crippen molar-refractivity contribution in [2.24, 2.45) is 0 Å². The molecular formula is C12H15BrO. The molecule has 0 heterocycles. The maximum atomic E-state index is 9.16. The predicted molar refractivity (Wildman–Crippen MR) is 63.3 cm³/mol. The van der Waals surface area contributed by atoms with Crippen LogP contribution >= 0.6 is 15.9 Å². The number of hydrogen-bond donors (Lipinski definition) is 1. The zero-order valence-corrected chi connectivity index (χ0v) is 10.1. The van der Waals surface area contributed by atoms with E-state index < -0.39 is 0 Å². The quantitative estimate of drug-likeness (QED) is 0.821. The van der Waals surface area contributed by atoms with Gasteiger partial charge in [0.2, 0.25) is 0 Å². The highest BCUT2D eigenvalue weighted by Crippen LogP contribution is 2.13. The number of aliphatic hydroxyl groups excluding tert-OH is 1. The highest BCUT2D eigenvalue weighted by atomic mass is 79.9. The fourth-order valence-corrected chi connectivity index (χ4v) is 1.66. The van der Waals surface area contributed by atoms with Crippen LogP contribution in [0.4, 0.5) is 0 Å². The summed E-state index contributed by atoms with van der Waals surface area (Å²) in [5, 5.41) is 9.16. The van der Waals surface area contributed by atoms with Gasteiger partial charge in [0.15, 0.2) is 0 Å². The van der Waals surface area contributed by atoms with Crippen molar-refractivity contribution in [2.75, 3.05) is 0 Å². The van der Waals surface area contributed by atoms with Gasteiger partial charge in [0, 0.05) is 4.47 Å². The summed E-state index contributed by atoms with van der Waals surface area (Å²) in [6.07, 6.45) is 2.42. The zero-order chi connectivity index (χ0) is 10.6. The van der Waals surface area contributed by atoms with E-state index in [1.165, 1.54) is 11.1 Å². The maximum absolute atomic E-state index is 9.16. The van der Waals surface area contributed by atoms with Gasteiger partial charge < -0.3 is 5.11 Å². The number of allylic oxidation sites excluding steroid dienone is 1. The molecule has 0 aliphatic heterocycles. The van der Waals surface area contributed by atoms with Crippen molar-refractivity contribution < 1.29 is 5.11 Å². The zero-order valence-electron chi connectivity index (χ0n) is 8.50. The van der Waals surface area contributed by atoms with Crippen molar-refractivity contribution in [1.29, 1.82) is 0 Å². The fourth-order valence-electron chi connectivity index (χ4n) is 1.39. The van der Waals surface area contributed by atoms with Crippen LogP contribution in [0.15, 0.2) is 40.4 Å². The number of halogens is 1. The minimum Gasteiger partial charge on any atom is -0.389 e. The largest absolute Gasteiger partial charge is 0.389 e. The number of benzene rings is 1. The molecule has 0 radical (unpaired) electrons. The number of aliphatic hydroxyl groups is 1. The molecule has 76 valence electrons. The molecule has 0 saturated heterocycles. The fraction of sp³-hybridized carbons (Fsp3) is 0.333. The van der Waals surface area contributed by atoms with Crippen molar-refractivity contribution in [1.82, 2.24) is 0 Å². The highest BCUT2D eigenvalue weighted by molar-refractivity contribution is 9.10. The summed E-state index contributed by atoms with van der Waals surface area (Å²) in [6.45, 7) is 3.81. The summed E-state index contributed by atoms with van der Waals surface area (Å²) in [5.41, 5.74) is 2.46. The molecule has 0 fully saturated rings. The minimum atomic E-state index is -0.356. The van der Waals surface area contributed by atoms with Crippen molar-refractivity contribution in [3.63, 3.8) is 0 Å². The molecule has 0 aliphatic carbocycles. The molecule has 0 aliphatic rings. The van der Waals surface area contributed by atoms with Crippen LogP contribution in [-0.2, 0) is 6.42 Å². The summed E-state index contributed by atoms with van der Waals surface area (Å²) in [4.78, 5) is 0. The normalized spacial score (nSPS) is 14.1. The first-order valence-corrected chi connectivity index (χ1v) is 5.47. The number of hydrogen-bond acceptors (Lipinski definition) is 1. The molecule has 14 heavy (non-hydrogen) atoms. The van der Waals surface area contributed by atoms with E-state index in [1.807, 2.05) is 25.1 Å². The third kappa shape index (κ3) is 4.07. The second-order valence-corrected chi connectivity index (χ2v) is 4.47. The van der Waals surface area contributed by atoms with Gasteiger partial charge in [-0.1, -0.05) is 39.7 Å². The second-order valence-electron chi connectivity index (χ2n) is 3.56.